The number of hydrogen-bond donors (Lipinski definition) is 1. The van der Waals surface area contributed by atoms with Crippen LogP contribution in [0.5, 0.6) is 0 Å². The molecule has 0 saturated carbocycles. The van der Waals surface area contributed by atoms with Crippen LogP contribution in [0.3, 0.4) is 0 Å². The molecule has 0 aromatic heterocycles. The van der Waals surface area contributed by atoms with Gasteiger partial charge in [-0.15, -0.1) is 0 Å². The van der Waals surface area contributed by atoms with Crippen LogP contribution in [-0.2, 0) is 0 Å². The zero-order valence-electron chi connectivity index (χ0n) is 10.4. The van der Waals surface area contributed by atoms with Gasteiger partial charge in [-0.05, 0) is 37.7 Å². The van der Waals surface area contributed by atoms with Gasteiger partial charge in [0.05, 0.1) is 0 Å². The zero-order valence-corrected chi connectivity index (χ0v) is 11.3. The Hall–Kier alpha value is -0.630. The highest BCUT2D eigenvalue weighted by Crippen LogP contribution is 2.14. The average molecular weight is 237 g/mol. The summed E-state index contributed by atoms with van der Waals surface area (Å²) in [4.78, 5) is 2.33. The Bertz CT molecular complexity index is 281. The quantitative estimate of drug-likeness (QED) is 0.555. The van der Waals surface area contributed by atoms with Gasteiger partial charge in [0.1, 0.15) is 0 Å². The number of unbranched alkanes of at least 4 members (excludes halogenated alkanes) is 3. The van der Waals surface area contributed by atoms with Gasteiger partial charge in [-0.25, -0.2) is 0 Å². The van der Waals surface area contributed by atoms with Gasteiger partial charge in [0.2, 0.25) is 0 Å². The van der Waals surface area contributed by atoms with Crippen LogP contribution in [0.25, 0.3) is 0 Å². The van der Waals surface area contributed by atoms with Crippen molar-refractivity contribution in [2.45, 2.75) is 32.6 Å². The van der Waals surface area contributed by atoms with Crippen molar-refractivity contribution >= 4 is 18.3 Å². The van der Waals surface area contributed by atoms with Crippen molar-refractivity contribution < 1.29 is 0 Å². The van der Waals surface area contributed by atoms with Crippen molar-refractivity contribution in [3.05, 3.63) is 29.8 Å². The molecule has 1 aromatic carbocycles. The number of benzene rings is 1. The molecule has 0 saturated heterocycles. The van der Waals surface area contributed by atoms with Crippen molar-refractivity contribution in [3.63, 3.8) is 0 Å². The van der Waals surface area contributed by atoms with Crippen molar-refractivity contribution in [1.29, 1.82) is 0 Å². The first-order valence-corrected chi connectivity index (χ1v) is 6.76. The predicted molar refractivity (Wildman–Crippen MR) is 76.8 cm³/mol. The van der Waals surface area contributed by atoms with Crippen LogP contribution >= 0.6 is 12.6 Å². The second kappa shape index (κ2) is 7.61. The third-order valence-electron chi connectivity index (χ3n) is 2.88. The third-order valence-corrected chi connectivity index (χ3v) is 3.19. The Balaban J connectivity index is 2.24. The van der Waals surface area contributed by atoms with Crippen LogP contribution < -0.4 is 4.90 Å². The summed E-state index contributed by atoms with van der Waals surface area (Å²) in [6, 6.07) is 8.74. The van der Waals surface area contributed by atoms with Crippen LogP contribution in [0, 0.1) is 6.92 Å². The van der Waals surface area contributed by atoms with E-state index in [4.69, 9.17) is 0 Å². The van der Waals surface area contributed by atoms with Crippen molar-refractivity contribution in [1.82, 2.24) is 0 Å². The van der Waals surface area contributed by atoms with Crippen molar-refractivity contribution in [2.24, 2.45) is 0 Å². The first-order chi connectivity index (χ1) is 7.74. The molecule has 90 valence electrons. The van der Waals surface area contributed by atoms with Crippen LogP contribution in [-0.4, -0.2) is 19.3 Å². The molecule has 1 nitrogen and oxygen atoms in total. The fourth-order valence-electron chi connectivity index (χ4n) is 1.74. The molecular weight excluding hydrogens is 214 g/mol. The molecular formula is C14H23NS. The molecule has 0 spiro atoms. The zero-order chi connectivity index (χ0) is 11.8. The molecule has 0 aliphatic carbocycles. The maximum atomic E-state index is 4.22. The van der Waals surface area contributed by atoms with Gasteiger partial charge >= 0.3 is 0 Å². The lowest BCUT2D eigenvalue weighted by Crippen LogP contribution is -2.18. The SMILES string of the molecule is Cc1ccc(N(C)CCCCCCS)cc1. The summed E-state index contributed by atoms with van der Waals surface area (Å²) >= 11 is 4.22. The lowest BCUT2D eigenvalue weighted by molar-refractivity contribution is 0.665. The Morgan fingerprint density at radius 2 is 1.62 bits per heavy atom. The standard InChI is InChI=1S/C14H23NS/c1-13-7-9-14(10-8-13)15(2)11-5-3-4-6-12-16/h7-10,16H,3-6,11-12H2,1-2H3. The summed E-state index contributed by atoms with van der Waals surface area (Å²) < 4.78 is 0. The van der Waals surface area contributed by atoms with E-state index in [9.17, 15) is 0 Å². The summed E-state index contributed by atoms with van der Waals surface area (Å²) in [6.07, 6.45) is 5.15. The number of rotatable bonds is 7. The highest BCUT2D eigenvalue weighted by Gasteiger charge is 1.99. The molecule has 0 fully saturated rings. The third kappa shape index (κ3) is 4.93. The highest BCUT2D eigenvalue weighted by atomic mass is 32.1. The second-order valence-electron chi connectivity index (χ2n) is 4.39. The summed E-state index contributed by atoms with van der Waals surface area (Å²) in [5.74, 6) is 1.02. The van der Waals surface area contributed by atoms with Gasteiger partial charge in [-0.3, -0.25) is 0 Å². The monoisotopic (exact) mass is 237 g/mol. The van der Waals surface area contributed by atoms with Crippen LogP contribution in [0.4, 0.5) is 5.69 Å². The molecule has 16 heavy (non-hydrogen) atoms. The van der Waals surface area contributed by atoms with E-state index in [-0.39, 0.29) is 0 Å². The van der Waals surface area contributed by atoms with Crippen molar-refractivity contribution in [2.75, 3.05) is 24.2 Å². The molecule has 0 heterocycles. The summed E-state index contributed by atoms with van der Waals surface area (Å²) in [5, 5.41) is 0. The first kappa shape index (κ1) is 13.4. The Morgan fingerprint density at radius 1 is 1.00 bits per heavy atom. The number of anilines is 1. The number of thiol groups is 1. The highest BCUT2D eigenvalue weighted by molar-refractivity contribution is 7.80. The van der Waals surface area contributed by atoms with Gasteiger partial charge < -0.3 is 4.90 Å². The molecule has 0 unspecified atom stereocenters. The molecule has 0 bridgehead atoms. The Labute approximate surface area is 105 Å². The van der Waals surface area contributed by atoms with Gasteiger partial charge in [0, 0.05) is 19.3 Å². The van der Waals surface area contributed by atoms with Gasteiger partial charge in [0.15, 0.2) is 0 Å². The van der Waals surface area contributed by atoms with Crippen LogP contribution in [0.15, 0.2) is 24.3 Å². The number of nitrogens with zero attached hydrogens (tertiary/aromatic N) is 1. The van der Waals surface area contributed by atoms with E-state index in [1.54, 1.807) is 0 Å². The van der Waals surface area contributed by atoms with E-state index in [0.717, 1.165) is 12.3 Å². The van der Waals surface area contributed by atoms with E-state index in [1.165, 1.54) is 36.9 Å². The smallest absolute Gasteiger partial charge is 0.0363 e. The Morgan fingerprint density at radius 3 is 2.25 bits per heavy atom. The second-order valence-corrected chi connectivity index (χ2v) is 4.84. The lowest BCUT2D eigenvalue weighted by atomic mass is 10.2. The summed E-state index contributed by atoms with van der Waals surface area (Å²) in [5.41, 5.74) is 2.64. The molecule has 1 rings (SSSR count). The van der Waals surface area contributed by atoms with E-state index in [2.05, 4.69) is 55.8 Å². The molecule has 0 N–H and O–H groups in total. The minimum Gasteiger partial charge on any atom is -0.375 e. The summed E-state index contributed by atoms with van der Waals surface area (Å²) in [7, 11) is 2.17. The number of aryl methyl sites for hydroxylation is 1. The van der Waals surface area contributed by atoms with Gasteiger partial charge in [-0.2, -0.15) is 12.6 Å². The van der Waals surface area contributed by atoms with E-state index in [1.807, 2.05) is 0 Å². The minimum atomic E-state index is 1.02. The fraction of sp³-hybridized carbons (Fsp3) is 0.571. The normalized spacial score (nSPS) is 10.4. The average Bonchev–Trinajstić information content (AvgIpc) is 2.29. The predicted octanol–water partition coefficient (Wildman–Crippen LogP) is 3.92. The maximum absolute atomic E-state index is 4.22. The summed E-state index contributed by atoms with van der Waals surface area (Å²) in [6.45, 7) is 3.27. The topological polar surface area (TPSA) is 3.24 Å². The van der Waals surface area contributed by atoms with E-state index >= 15 is 0 Å². The van der Waals surface area contributed by atoms with Crippen molar-refractivity contribution in [3.8, 4) is 0 Å². The molecule has 2 heteroatoms. The largest absolute Gasteiger partial charge is 0.375 e. The lowest BCUT2D eigenvalue weighted by Gasteiger charge is -2.19. The molecule has 0 amide bonds. The molecule has 0 aliphatic rings. The maximum Gasteiger partial charge on any atom is 0.0363 e. The van der Waals surface area contributed by atoms with E-state index in [0.29, 0.717) is 0 Å². The number of hydrogen-bond acceptors (Lipinski definition) is 2. The molecule has 0 atom stereocenters. The first-order valence-electron chi connectivity index (χ1n) is 6.12. The van der Waals surface area contributed by atoms with Crippen LogP contribution in [0.1, 0.15) is 31.2 Å². The molecule has 0 aliphatic heterocycles. The van der Waals surface area contributed by atoms with Gasteiger partial charge in [-0.1, -0.05) is 30.5 Å². The minimum absolute atomic E-state index is 1.02. The Kier molecular flexibility index (Phi) is 6.39. The van der Waals surface area contributed by atoms with Gasteiger partial charge in [0.25, 0.3) is 0 Å². The van der Waals surface area contributed by atoms with Crippen LogP contribution in [0.2, 0.25) is 0 Å². The molecule has 1 aromatic rings. The van der Waals surface area contributed by atoms with E-state index < -0.39 is 0 Å². The molecule has 0 radical (unpaired) electrons. The fourth-order valence-corrected chi connectivity index (χ4v) is 1.97.